The first kappa shape index (κ1) is 11.4. The second-order valence-corrected chi connectivity index (χ2v) is 5.93. The number of nitrogens with zero attached hydrogens (tertiary/aromatic N) is 2. The number of hydrogen-bond donors (Lipinski definition) is 1. The summed E-state index contributed by atoms with van der Waals surface area (Å²) in [6, 6.07) is 0. The van der Waals surface area contributed by atoms with Crippen LogP contribution >= 0.6 is 15.9 Å². The Kier molecular flexibility index (Phi) is 3.43. The Labute approximate surface area is 90.8 Å². The first-order chi connectivity index (χ1) is 6.38. The predicted octanol–water partition coefficient (Wildman–Crippen LogP) is 0.408. The molecule has 0 spiro atoms. The van der Waals surface area contributed by atoms with Crippen molar-refractivity contribution < 1.29 is 8.42 Å². The van der Waals surface area contributed by atoms with Crippen molar-refractivity contribution in [3.05, 3.63) is 16.5 Å². The molecule has 1 aromatic heterocycles. The van der Waals surface area contributed by atoms with Crippen molar-refractivity contribution in [2.45, 2.75) is 6.42 Å². The molecule has 0 saturated heterocycles. The van der Waals surface area contributed by atoms with Gasteiger partial charge in [-0.15, -0.1) is 0 Å². The van der Waals surface area contributed by atoms with Crippen LogP contribution in [-0.4, -0.2) is 30.4 Å². The van der Waals surface area contributed by atoms with E-state index in [1.54, 1.807) is 0 Å². The summed E-state index contributed by atoms with van der Waals surface area (Å²) in [7, 11) is -2.96. The number of rotatable bonds is 3. The lowest BCUT2D eigenvalue weighted by atomic mass is 10.3. The minimum absolute atomic E-state index is 0.0675. The van der Waals surface area contributed by atoms with Gasteiger partial charge >= 0.3 is 0 Å². The van der Waals surface area contributed by atoms with Crippen molar-refractivity contribution in [2.75, 3.05) is 17.7 Å². The molecule has 0 bridgehead atoms. The molecule has 2 N–H and O–H groups in total. The van der Waals surface area contributed by atoms with Gasteiger partial charge in [0.1, 0.15) is 14.4 Å². The zero-order valence-corrected chi connectivity index (χ0v) is 9.97. The van der Waals surface area contributed by atoms with Crippen molar-refractivity contribution in [3.63, 3.8) is 0 Å². The van der Waals surface area contributed by atoms with E-state index in [0.717, 1.165) is 0 Å². The van der Waals surface area contributed by atoms with E-state index in [1.165, 1.54) is 12.5 Å². The van der Waals surface area contributed by atoms with E-state index in [1.807, 2.05) is 0 Å². The van der Waals surface area contributed by atoms with Crippen LogP contribution in [0.4, 0.5) is 5.82 Å². The number of anilines is 1. The fourth-order valence-corrected chi connectivity index (χ4v) is 1.73. The van der Waals surface area contributed by atoms with Crippen LogP contribution in [0.5, 0.6) is 0 Å². The van der Waals surface area contributed by atoms with Gasteiger partial charge in [-0.2, -0.15) is 0 Å². The monoisotopic (exact) mass is 279 g/mol. The van der Waals surface area contributed by atoms with Gasteiger partial charge in [0.05, 0.1) is 17.6 Å². The van der Waals surface area contributed by atoms with E-state index in [2.05, 4.69) is 25.9 Å². The zero-order valence-electron chi connectivity index (χ0n) is 7.57. The predicted molar refractivity (Wildman–Crippen MR) is 57.6 cm³/mol. The van der Waals surface area contributed by atoms with E-state index in [0.29, 0.717) is 22.5 Å². The normalized spacial score (nSPS) is 11.6. The van der Waals surface area contributed by atoms with Crippen molar-refractivity contribution >= 4 is 31.6 Å². The van der Waals surface area contributed by atoms with Crippen LogP contribution in [0, 0.1) is 0 Å². The molecule has 1 rings (SSSR count). The third-order valence-electron chi connectivity index (χ3n) is 1.53. The number of halogens is 1. The molecule has 0 aliphatic heterocycles. The van der Waals surface area contributed by atoms with Gasteiger partial charge < -0.3 is 5.73 Å². The smallest absolute Gasteiger partial charge is 0.156 e. The highest BCUT2D eigenvalue weighted by Gasteiger charge is 2.06. The number of hydrogen-bond acceptors (Lipinski definition) is 5. The lowest BCUT2D eigenvalue weighted by Crippen LogP contribution is -2.08. The maximum atomic E-state index is 10.9. The summed E-state index contributed by atoms with van der Waals surface area (Å²) in [6.07, 6.45) is 3.02. The fourth-order valence-electron chi connectivity index (χ4n) is 0.820. The Morgan fingerprint density at radius 3 is 2.71 bits per heavy atom. The average Bonchev–Trinajstić information content (AvgIpc) is 2.06. The molecule has 0 unspecified atom stereocenters. The summed E-state index contributed by atoms with van der Waals surface area (Å²) in [6.45, 7) is 0. The van der Waals surface area contributed by atoms with Gasteiger partial charge in [-0.3, -0.25) is 0 Å². The molecular formula is C7H10BrN3O2S. The molecule has 0 aliphatic carbocycles. The van der Waals surface area contributed by atoms with Crippen LogP contribution in [0.15, 0.2) is 10.8 Å². The Balaban J connectivity index is 2.74. The molecule has 0 radical (unpaired) electrons. The Bertz CT molecular complexity index is 433. The van der Waals surface area contributed by atoms with Crippen LogP contribution in [0.1, 0.15) is 5.69 Å². The quantitative estimate of drug-likeness (QED) is 0.866. The maximum Gasteiger partial charge on any atom is 0.156 e. The van der Waals surface area contributed by atoms with E-state index in [4.69, 9.17) is 5.73 Å². The molecule has 0 amide bonds. The third kappa shape index (κ3) is 3.59. The Hall–Kier alpha value is -0.690. The second kappa shape index (κ2) is 4.22. The minimum atomic E-state index is -2.96. The number of aryl methyl sites for hydroxylation is 1. The zero-order chi connectivity index (χ0) is 10.8. The van der Waals surface area contributed by atoms with E-state index < -0.39 is 9.84 Å². The largest absolute Gasteiger partial charge is 0.381 e. The molecule has 78 valence electrons. The molecule has 14 heavy (non-hydrogen) atoms. The van der Waals surface area contributed by atoms with Crippen molar-refractivity contribution in [3.8, 4) is 0 Å². The molecular weight excluding hydrogens is 270 g/mol. The van der Waals surface area contributed by atoms with Gasteiger partial charge in [0.2, 0.25) is 0 Å². The number of aromatic nitrogens is 2. The first-order valence-electron chi connectivity index (χ1n) is 3.83. The molecule has 0 atom stereocenters. The minimum Gasteiger partial charge on any atom is -0.381 e. The molecule has 0 saturated carbocycles. The van der Waals surface area contributed by atoms with Crippen LogP contribution in [0.25, 0.3) is 0 Å². The maximum absolute atomic E-state index is 10.9. The first-order valence-corrected chi connectivity index (χ1v) is 6.68. The molecule has 1 aromatic rings. The third-order valence-corrected chi connectivity index (χ3v) is 3.06. The highest BCUT2D eigenvalue weighted by Crippen LogP contribution is 2.13. The van der Waals surface area contributed by atoms with Gasteiger partial charge in [-0.05, 0) is 15.9 Å². The second-order valence-electron chi connectivity index (χ2n) is 2.92. The molecule has 0 fully saturated rings. The number of nitrogen functional groups attached to an aromatic ring is 1. The SMILES string of the molecule is CS(=O)(=O)CCc1cnc(N)c(Br)n1. The summed E-state index contributed by atoms with van der Waals surface area (Å²) in [5.41, 5.74) is 6.04. The van der Waals surface area contributed by atoms with Crippen molar-refractivity contribution in [1.82, 2.24) is 9.97 Å². The van der Waals surface area contributed by atoms with Crippen LogP contribution in [0.2, 0.25) is 0 Å². The summed E-state index contributed by atoms with van der Waals surface area (Å²) in [4.78, 5) is 7.89. The highest BCUT2D eigenvalue weighted by atomic mass is 79.9. The van der Waals surface area contributed by atoms with E-state index in [-0.39, 0.29) is 5.75 Å². The average molecular weight is 280 g/mol. The number of sulfone groups is 1. The summed E-state index contributed by atoms with van der Waals surface area (Å²) >= 11 is 3.12. The summed E-state index contributed by atoms with van der Waals surface area (Å²) < 4.78 is 22.2. The van der Waals surface area contributed by atoms with Gasteiger partial charge in [0.15, 0.2) is 5.82 Å². The Morgan fingerprint density at radius 1 is 1.57 bits per heavy atom. The van der Waals surface area contributed by atoms with Gasteiger partial charge in [-0.25, -0.2) is 18.4 Å². The van der Waals surface area contributed by atoms with E-state index in [9.17, 15) is 8.42 Å². The van der Waals surface area contributed by atoms with Crippen LogP contribution < -0.4 is 5.73 Å². The topological polar surface area (TPSA) is 85.9 Å². The van der Waals surface area contributed by atoms with Crippen molar-refractivity contribution in [1.29, 1.82) is 0 Å². The highest BCUT2D eigenvalue weighted by molar-refractivity contribution is 9.10. The lowest BCUT2D eigenvalue weighted by Gasteiger charge is -2.01. The van der Waals surface area contributed by atoms with Gasteiger partial charge in [0.25, 0.3) is 0 Å². The van der Waals surface area contributed by atoms with Crippen LogP contribution in [0.3, 0.4) is 0 Å². The summed E-state index contributed by atoms with van der Waals surface area (Å²) in [5.74, 6) is 0.367. The standard InChI is InChI=1S/C7H10BrN3O2S/c1-14(12,13)3-2-5-4-10-7(9)6(8)11-5/h4H,2-3H2,1H3,(H2,9,10). The van der Waals surface area contributed by atoms with Gasteiger partial charge in [0, 0.05) is 12.7 Å². The summed E-state index contributed by atoms with van der Waals surface area (Å²) in [5, 5.41) is 0. The molecule has 7 heteroatoms. The molecule has 0 aliphatic rings. The fraction of sp³-hybridized carbons (Fsp3) is 0.429. The molecule has 5 nitrogen and oxygen atoms in total. The van der Waals surface area contributed by atoms with Crippen LogP contribution in [-0.2, 0) is 16.3 Å². The van der Waals surface area contributed by atoms with E-state index >= 15 is 0 Å². The number of nitrogens with two attached hydrogens (primary N) is 1. The lowest BCUT2D eigenvalue weighted by molar-refractivity contribution is 0.600. The molecule has 0 aromatic carbocycles. The molecule has 1 heterocycles. The van der Waals surface area contributed by atoms with Crippen molar-refractivity contribution in [2.24, 2.45) is 0 Å². The van der Waals surface area contributed by atoms with Gasteiger partial charge in [-0.1, -0.05) is 0 Å². The Morgan fingerprint density at radius 2 is 2.21 bits per heavy atom.